The van der Waals surface area contributed by atoms with Crippen molar-refractivity contribution in [2.24, 2.45) is 11.8 Å². The molecule has 1 fully saturated rings. The highest BCUT2D eigenvalue weighted by Crippen LogP contribution is 2.31. The molecule has 0 radical (unpaired) electrons. The zero-order valence-electron chi connectivity index (χ0n) is 18.2. The fourth-order valence-corrected chi connectivity index (χ4v) is 3.28. The van der Waals surface area contributed by atoms with E-state index in [1.807, 2.05) is 25.1 Å². The molecule has 1 heterocycles. The van der Waals surface area contributed by atoms with E-state index >= 15 is 0 Å². The number of hydrogen-bond donors (Lipinski definition) is 1. The van der Waals surface area contributed by atoms with Crippen molar-refractivity contribution in [2.75, 3.05) is 33.4 Å². The Morgan fingerprint density at radius 2 is 1.86 bits per heavy atom. The maximum atomic E-state index is 12.7. The van der Waals surface area contributed by atoms with Gasteiger partial charge in [-0.3, -0.25) is 4.79 Å². The first kappa shape index (κ1) is 22.8. The molecule has 1 N–H and O–H groups in total. The van der Waals surface area contributed by atoms with Crippen LogP contribution >= 0.6 is 0 Å². The number of carbonyl (C=O) groups is 2. The third kappa shape index (κ3) is 6.54. The molecule has 29 heavy (non-hydrogen) atoms. The largest absolute Gasteiger partial charge is 0.493 e. The van der Waals surface area contributed by atoms with Crippen LogP contribution in [0.3, 0.4) is 0 Å². The first-order chi connectivity index (χ1) is 13.8. The second-order valence-electron chi connectivity index (χ2n) is 7.81. The number of ether oxygens (including phenoxy) is 3. The Labute approximate surface area is 173 Å². The smallest absolute Gasteiger partial charge is 0.409 e. The number of benzene rings is 1. The van der Waals surface area contributed by atoms with Gasteiger partial charge in [0.25, 0.3) is 0 Å². The Balaban J connectivity index is 1.91. The third-order valence-corrected chi connectivity index (χ3v) is 5.01. The Morgan fingerprint density at radius 1 is 1.17 bits per heavy atom. The minimum atomic E-state index is -0.299. The van der Waals surface area contributed by atoms with E-state index in [4.69, 9.17) is 14.2 Å². The van der Waals surface area contributed by atoms with E-state index in [1.165, 1.54) is 0 Å². The minimum absolute atomic E-state index is 0.0140. The van der Waals surface area contributed by atoms with Crippen LogP contribution in [-0.4, -0.2) is 50.3 Å². The molecule has 1 aliphatic heterocycles. The lowest BCUT2D eigenvalue weighted by Crippen LogP contribution is -2.43. The first-order valence-electron chi connectivity index (χ1n) is 10.4. The van der Waals surface area contributed by atoms with Gasteiger partial charge in [0.05, 0.1) is 26.4 Å². The topological polar surface area (TPSA) is 77.1 Å². The zero-order valence-corrected chi connectivity index (χ0v) is 18.2. The molecule has 0 aliphatic carbocycles. The van der Waals surface area contributed by atoms with Crippen molar-refractivity contribution in [3.05, 3.63) is 23.8 Å². The Bertz CT molecular complexity index is 684. The van der Waals surface area contributed by atoms with Crippen molar-refractivity contribution < 1.29 is 23.8 Å². The van der Waals surface area contributed by atoms with Crippen molar-refractivity contribution in [3.8, 4) is 11.5 Å². The van der Waals surface area contributed by atoms with Crippen molar-refractivity contribution in [1.82, 2.24) is 10.2 Å². The molecule has 1 aliphatic rings. The summed E-state index contributed by atoms with van der Waals surface area (Å²) in [5, 5.41) is 3.09. The summed E-state index contributed by atoms with van der Waals surface area (Å²) in [6.07, 6.45) is 0.984. The highest BCUT2D eigenvalue weighted by Gasteiger charge is 2.28. The second-order valence-corrected chi connectivity index (χ2v) is 7.81. The maximum Gasteiger partial charge on any atom is 0.409 e. The van der Waals surface area contributed by atoms with Gasteiger partial charge in [-0.2, -0.15) is 0 Å². The molecule has 1 aromatic rings. The lowest BCUT2D eigenvalue weighted by Gasteiger charge is -2.31. The van der Waals surface area contributed by atoms with E-state index in [-0.39, 0.29) is 24.0 Å². The van der Waals surface area contributed by atoms with Crippen LogP contribution in [0.1, 0.15) is 52.1 Å². The number of nitrogens with zero attached hydrogens (tertiary/aromatic N) is 1. The predicted molar refractivity (Wildman–Crippen MR) is 111 cm³/mol. The number of likely N-dealkylation sites (tertiary alicyclic amines) is 1. The van der Waals surface area contributed by atoms with Gasteiger partial charge in [-0.05, 0) is 50.3 Å². The van der Waals surface area contributed by atoms with E-state index in [2.05, 4.69) is 19.2 Å². The van der Waals surface area contributed by atoms with Crippen LogP contribution in [-0.2, 0) is 9.53 Å². The van der Waals surface area contributed by atoms with Gasteiger partial charge in [-0.1, -0.05) is 19.9 Å². The van der Waals surface area contributed by atoms with Gasteiger partial charge in [0.15, 0.2) is 11.5 Å². The summed E-state index contributed by atoms with van der Waals surface area (Å²) in [4.78, 5) is 26.1. The van der Waals surface area contributed by atoms with Gasteiger partial charge < -0.3 is 24.4 Å². The van der Waals surface area contributed by atoms with Crippen molar-refractivity contribution in [3.63, 3.8) is 0 Å². The van der Waals surface area contributed by atoms with Crippen LogP contribution in [0.4, 0.5) is 4.79 Å². The average Bonchev–Trinajstić information content (AvgIpc) is 2.72. The van der Waals surface area contributed by atoms with Crippen LogP contribution in [0.2, 0.25) is 0 Å². The summed E-state index contributed by atoms with van der Waals surface area (Å²) in [6.45, 7) is 9.99. The van der Waals surface area contributed by atoms with Gasteiger partial charge >= 0.3 is 6.09 Å². The van der Waals surface area contributed by atoms with Gasteiger partial charge in [-0.15, -0.1) is 0 Å². The highest BCUT2D eigenvalue weighted by atomic mass is 16.6. The maximum absolute atomic E-state index is 12.7. The molecular formula is C22H34N2O5. The molecule has 0 unspecified atom stereocenters. The standard InChI is InChI=1S/C22H34N2O5/c1-6-28-22(26)24-11-9-17(10-12-24)21(25)23-16(4)18-7-8-19(20(13-18)27-5)29-14-15(2)3/h7-8,13,15-17H,6,9-12,14H2,1-5H3,(H,23,25)/t16-/m1/s1. The van der Waals surface area contributed by atoms with Crippen LogP contribution in [0.15, 0.2) is 18.2 Å². The Hall–Kier alpha value is -2.44. The SMILES string of the molecule is CCOC(=O)N1CCC(C(=O)N[C@H](C)c2ccc(OCC(C)C)c(OC)c2)CC1. The van der Waals surface area contributed by atoms with E-state index in [0.29, 0.717) is 56.6 Å². The van der Waals surface area contributed by atoms with Crippen LogP contribution in [0, 0.1) is 11.8 Å². The lowest BCUT2D eigenvalue weighted by molar-refractivity contribution is -0.127. The number of hydrogen-bond acceptors (Lipinski definition) is 5. The van der Waals surface area contributed by atoms with Crippen molar-refractivity contribution in [1.29, 1.82) is 0 Å². The quantitative estimate of drug-likeness (QED) is 0.711. The number of rotatable bonds is 8. The molecule has 0 bridgehead atoms. The lowest BCUT2D eigenvalue weighted by atomic mass is 9.95. The molecule has 2 rings (SSSR count). The van der Waals surface area contributed by atoms with Crippen molar-refractivity contribution >= 4 is 12.0 Å². The number of nitrogens with one attached hydrogen (secondary N) is 1. The van der Waals surface area contributed by atoms with Crippen LogP contribution in [0.5, 0.6) is 11.5 Å². The molecule has 7 nitrogen and oxygen atoms in total. The molecule has 0 aromatic heterocycles. The zero-order chi connectivity index (χ0) is 21.4. The number of carbonyl (C=O) groups excluding carboxylic acids is 2. The molecule has 0 saturated carbocycles. The molecule has 162 valence electrons. The fraction of sp³-hybridized carbons (Fsp3) is 0.636. The molecule has 1 saturated heterocycles. The monoisotopic (exact) mass is 406 g/mol. The Kier molecular flexibility index (Phi) is 8.61. The van der Waals surface area contributed by atoms with Crippen LogP contribution < -0.4 is 14.8 Å². The molecule has 7 heteroatoms. The van der Waals surface area contributed by atoms with Gasteiger partial charge in [-0.25, -0.2) is 4.79 Å². The average molecular weight is 407 g/mol. The molecule has 1 atom stereocenters. The molecule has 0 spiro atoms. The molecule has 1 aromatic carbocycles. The number of piperidine rings is 1. The van der Waals surface area contributed by atoms with E-state index < -0.39 is 0 Å². The van der Waals surface area contributed by atoms with Crippen LogP contribution in [0.25, 0.3) is 0 Å². The summed E-state index contributed by atoms with van der Waals surface area (Å²) in [5.74, 6) is 1.70. The van der Waals surface area contributed by atoms with Gasteiger partial charge in [0.1, 0.15) is 0 Å². The molecule has 2 amide bonds. The summed E-state index contributed by atoms with van der Waals surface area (Å²) < 4.78 is 16.3. The minimum Gasteiger partial charge on any atom is -0.493 e. The normalized spacial score (nSPS) is 15.7. The predicted octanol–water partition coefficient (Wildman–Crippen LogP) is 3.78. The first-order valence-corrected chi connectivity index (χ1v) is 10.4. The van der Waals surface area contributed by atoms with Gasteiger partial charge in [0.2, 0.25) is 5.91 Å². The number of methoxy groups -OCH3 is 1. The summed E-state index contributed by atoms with van der Waals surface area (Å²) in [6, 6.07) is 5.59. The van der Waals surface area contributed by atoms with Crippen molar-refractivity contribution in [2.45, 2.75) is 46.6 Å². The highest BCUT2D eigenvalue weighted by molar-refractivity contribution is 5.79. The van der Waals surface area contributed by atoms with Gasteiger partial charge in [0, 0.05) is 19.0 Å². The Morgan fingerprint density at radius 3 is 2.45 bits per heavy atom. The molecular weight excluding hydrogens is 372 g/mol. The fourth-order valence-electron chi connectivity index (χ4n) is 3.28. The second kappa shape index (κ2) is 10.9. The third-order valence-electron chi connectivity index (χ3n) is 5.01. The van der Waals surface area contributed by atoms with E-state index in [0.717, 1.165) is 5.56 Å². The number of amides is 2. The summed E-state index contributed by atoms with van der Waals surface area (Å²) in [5.41, 5.74) is 0.955. The summed E-state index contributed by atoms with van der Waals surface area (Å²) >= 11 is 0. The van der Waals surface area contributed by atoms with E-state index in [9.17, 15) is 9.59 Å². The summed E-state index contributed by atoms with van der Waals surface area (Å²) in [7, 11) is 1.61. The van der Waals surface area contributed by atoms with E-state index in [1.54, 1.807) is 18.9 Å².